The Morgan fingerprint density at radius 1 is 1.40 bits per heavy atom. The van der Waals surface area contributed by atoms with Crippen LogP contribution in [0.1, 0.15) is 33.1 Å². The van der Waals surface area contributed by atoms with Gasteiger partial charge in [-0.05, 0) is 19.3 Å². The van der Waals surface area contributed by atoms with E-state index in [9.17, 15) is 5.11 Å². The summed E-state index contributed by atoms with van der Waals surface area (Å²) < 4.78 is 5.27. The standard InChI is InChI=1S/C8H16O2/c1-3-6-5-7(4-2)10-8(6)9/h6-9H,3-5H2,1-2H3. The molecule has 1 heterocycles. The molecule has 0 aromatic rings. The van der Waals surface area contributed by atoms with E-state index in [2.05, 4.69) is 13.8 Å². The van der Waals surface area contributed by atoms with Crippen molar-refractivity contribution in [3.8, 4) is 0 Å². The second-order valence-electron chi connectivity index (χ2n) is 2.96. The average Bonchev–Trinajstić information content (AvgIpc) is 2.30. The van der Waals surface area contributed by atoms with Crippen LogP contribution in [0.15, 0.2) is 0 Å². The first kappa shape index (κ1) is 8.02. The molecule has 3 atom stereocenters. The minimum atomic E-state index is -0.491. The number of ether oxygens (including phenoxy) is 1. The van der Waals surface area contributed by atoms with Gasteiger partial charge in [0.2, 0.25) is 0 Å². The maximum absolute atomic E-state index is 9.27. The minimum absolute atomic E-state index is 0.306. The third kappa shape index (κ3) is 1.50. The minimum Gasteiger partial charge on any atom is -0.368 e. The predicted molar refractivity (Wildman–Crippen MR) is 39.6 cm³/mol. The molecule has 0 saturated carbocycles. The van der Waals surface area contributed by atoms with Crippen LogP contribution >= 0.6 is 0 Å². The van der Waals surface area contributed by atoms with Gasteiger partial charge in [-0.2, -0.15) is 0 Å². The number of aliphatic hydroxyl groups excluding tert-OH is 1. The van der Waals surface area contributed by atoms with E-state index in [1.54, 1.807) is 0 Å². The molecular formula is C8H16O2. The molecule has 0 amide bonds. The molecule has 0 aliphatic carbocycles. The molecule has 1 saturated heterocycles. The highest BCUT2D eigenvalue weighted by atomic mass is 16.6. The Bertz CT molecular complexity index is 103. The average molecular weight is 144 g/mol. The largest absolute Gasteiger partial charge is 0.368 e. The lowest BCUT2D eigenvalue weighted by Gasteiger charge is -2.08. The van der Waals surface area contributed by atoms with Gasteiger partial charge in [-0.25, -0.2) is 0 Å². The third-order valence-corrected chi connectivity index (χ3v) is 2.28. The quantitative estimate of drug-likeness (QED) is 0.637. The summed E-state index contributed by atoms with van der Waals surface area (Å²) in [6.45, 7) is 4.19. The molecule has 0 aromatic carbocycles. The number of rotatable bonds is 2. The van der Waals surface area contributed by atoms with Gasteiger partial charge in [-0.15, -0.1) is 0 Å². The molecule has 0 spiro atoms. The van der Waals surface area contributed by atoms with Crippen molar-refractivity contribution in [3.63, 3.8) is 0 Å². The van der Waals surface area contributed by atoms with Crippen molar-refractivity contribution in [3.05, 3.63) is 0 Å². The van der Waals surface area contributed by atoms with Crippen molar-refractivity contribution in [1.29, 1.82) is 0 Å². The van der Waals surface area contributed by atoms with Crippen LogP contribution in [0.3, 0.4) is 0 Å². The maximum Gasteiger partial charge on any atom is 0.157 e. The van der Waals surface area contributed by atoms with Crippen LogP contribution in [0.25, 0.3) is 0 Å². The molecule has 1 rings (SSSR count). The lowest BCUT2D eigenvalue weighted by molar-refractivity contribution is -0.108. The van der Waals surface area contributed by atoms with Crippen LogP contribution in [0.2, 0.25) is 0 Å². The molecule has 1 aliphatic rings. The Hall–Kier alpha value is -0.0800. The molecular weight excluding hydrogens is 128 g/mol. The summed E-state index contributed by atoms with van der Waals surface area (Å²) in [4.78, 5) is 0. The van der Waals surface area contributed by atoms with Crippen molar-refractivity contribution in [2.24, 2.45) is 5.92 Å². The van der Waals surface area contributed by atoms with E-state index in [1.807, 2.05) is 0 Å². The topological polar surface area (TPSA) is 29.5 Å². The Labute approximate surface area is 62.2 Å². The summed E-state index contributed by atoms with van der Waals surface area (Å²) in [6.07, 6.45) is 2.90. The third-order valence-electron chi connectivity index (χ3n) is 2.28. The van der Waals surface area contributed by atoms with Gasteiger partial charge in [0.05, 0.1) is 6.10 Å². The van der Waals surface area contributed by atoms with Crippen molar-refractivity contribution in [2.45, 2.75) is 45.5 Å². The summed E-state index contributed by atoms with van der Waals surface area (Å²) >= 11 is 0. The Morgan fingerprint density at radius 2 is 2.10 bits per heavy atom. The number of hydrogen-bond acceptors (Lipinski definition) is 2. The second kappa shape index (κ2) is 3.35. The van der Waals surface area contributed by atoms with Crippen LogP contribution in [0.5, 0.6) is 0 Å². The summed E-state index contributed by atoms with van der Waals surface area (Å²) in [5.41, 5.74) is 0. The van der Waals surface area contributed by atoms with Gasteiger partial charge in [0.15, 0.2) is 6.29 Å². The molecule has 1 aliphatic heterocycles. The van der Waals surface area contributed by atoms with E-state index < -0.39 is 6.29 Å². The summed E-state index contributed by atoms with van der Waals surface area (Å²) in [7, 11) is 0. The first-order valence-electron chi connectivity index (χ1n) is 4.11. The lowest BCUT2D eigenvalue weighted by Crippen LogP contribution is -2.13. The zero-order chi connectivity index (χ0) is 7.56. The van der Waals surface area contributed by atoms with E-state index in [-0.39, 0.29) is 0 Å². The molecule has 0 aromatic heterocycles. The number of aliphatic hydroxyl groups is 1. The van der Waals surface area contributed by atoms with E-state index in [4.69, 9.17) is 4.74 Å². The van der Waals surface area contributed by atoms with Gasteiger partial charge >= 0.3 is 0 Å². The maximum atomic E-state index is 9.27. The van der Waals surface area contributed by atoms with Gasteiger partial charge in [0.1, 0.15) is 0 Å². The highest BCUT2D eigenvalue weighted by Gasteiger charge is 2.30. The zero-order valence-electron chi connectivity index (χ0n) is 6.71. The van der Waals surface area contributed by atoms with Crippen molar-refractivity contribution < 1.29 is 9.84 Å². The number of hydrogen-bond donors (Lipinski definition) is 1. The van der Waals surface area contributed by atoms with Crippen LogP contribution < -0.4 is 0 Å². The molecule has 3 unspecified atom stereocenters. The second-order valence-corrected chi connectivity index (χ2v) is 2.96. The fourth-order valence-corrected chi connectivity index (χ4v) is 1.45. The zero-order valence-corrected chi connectivity index (χ0v) is 6.71. The lowest BCUT2D eigenvalue weighted by atomic mass is 10.0. The summed E-state index contributed by atoms with van der Waals surface area (Å²) in [5, 5.41) is 9.27. The fraction of sp³-hybridized carbons (Fsp3) is 1.00. The molecule has 1 N–H and O–H groups in total. The van der Waals surface area contributed by atoms with E-state index in [0.717, 1.165) is 19.3 Å². The van der Waals surface area contributed by atoms with Crippen LogP contribution in [-0.4, -0.2) is 17.5 Å². The van der Waals surface area contributed by atoms with Gasteiger partial charge < -0.3 is 9.84 Å². The van der Waals surface area contributed by atoms with Gasteiger partial charge in [-0.1, -0.05) is 13.8 Å². The predicted octanol–water partition coefficient (Wildman–Crippen LogP) is 1.53. The Balaban J connectivity index is 2.36. The normalized spacial score (nSPS) is 40.5. The molecule has 10 heavy (non-hydrogen) atoms. The smallest absolute Gasteiger partial charge is 0.157 e. The molecule has 2 nitrogen and oxygen atoms in total. The van der Waals surface area contributed by atoms with E-state index in [1.165, 1.54) is 0 Å². The van der Waals surface area contributed by atoms with Crippen molar-refractivity contribution in [1.82, 2.24) is 0 Å². The van der Waals surface area contributed by atoms with E-state index in [0.29, 0.717) is 12.0 Å². The van der Waals surface area contributed by atoms with Crippen LogP contribution in [-0.2, 0) is 4.74 Å². The van der Waals surface area contributed by atoms with Crippen LogP contribution in [0.4, 0.5) is 0 Å². The highest BCUT2D eigenvalue weighted by Crippen LogP contribution is 2.28. The summed E-state index contributed by atoms with van der Waals surface area (Å²) in [6, 6.07) is 0. The van der Waals surface area contributed by atoms with Gasteiger partial charge in [0.25, 0.3) is 0 Å². The molecule has 2 heteroatoms. The first-order chi connectivity index (χ1) is 4.77. The molecule has 60 valence electrons. The van der Waals surface area contributed by atoms with Gasteiger partial charge in [0, 0.05) is 5.92 Å². The van der Waals surface area contributed by atoms with E-state index >= 15 is 0 Å². The first-order valence-corrected chi connectivity index (χ1v) is 4.11. The monoisotopic (exact) mass is 144 g/mol. The van der Waals surface area contributed by atoms with Crippen molar-refractivity contribution in [2.75, 3.05) is 0 Å². The van der Waals surface area contributed by atoms with Crippen LogP contribution in [0, 0.1) is 5.92 Å². The Kier molecular flexibility index (Phi) is 2.69. The molecule has 0 bridgehead atoms. The van der Waals surface area contributed by atoms with Gasteiger partial charge in [-0.3, -0.25) is 0 Å². The Morgan fingerprint density at radius 3 is 2.40 bits per heavy atom. The SMILES string of the molecule is CCC1CC(CC)C(O)O1. The molecule has 0 radical (unpaired) electrons. The summed E-state index contributed by atoms with van der Waals surface area (Å²) in [5.74, 6) is 0.380. The molecule has 1 fully saturated rings. The highest BCUT2D eigenvalue weighted by molar-refractivity contribution is 4.74. The fourth-order valence-electron chi connectivity index (χ4n) is 1.45. The van der Waals surface area contributed by atoms with Crippen molar-refractivity contribution >= 4 is 0 Å².